The molecule has 1 aliphatic heterocycles. The van der Waals surface area contributed by atoms with Crippen molar-refractivity contribution in [2.45, 2.75) is 18.7 Å². The Kier molecular flexibility index (Phi) is 4.17. The highest BCUT2D eigenvalue weighted by Gasteiger charge is 2.23. The standard InChI is InChI=1S/C13H17NO5S/c1-9(20(2,16)17)13(15)14-8-10-3-4-11-12(7-10)19-6-5-18-11/h3-4,7,9H,5-6,8H2,1-2H3,(H,14,15)/t9-/m1/s1. The van der Waals surface area contributed by atoms with E-state index in [0.717, 1.165) is 11.8 Å². The van der Waals surface area contributed by atoms with Gasteiger partial charge in [-0.25, -0.2) is 8.42 Å². The van der Waals surface area contributed by atoms with E-state index in [1.54, 1.807) is 18.2 Å². The summed E-state index contributed by atoms with van der Waals surface area (Å²) >= 11 is 0. The van der Waals surface area contributed by atoms with Crippen molar-refractivity contribution in [3.8, 4) is 11.5 Å². The molecule has 0 spiro atoms. The van der Waals surface area contributed by atoms with Crippen LogP contribution in [0.25, 0.3) is 0 Å². The Labute approximate surface area is 118 Å². The molecule has 0 bridgehead atoms. The van der Waals surface area contributed by atoms with Gasteiger partial charge in [0.15, 0.2) is 21.3 Å². The van der Waals surface area contributed by atoms with E-state index >= 15 is 0 Å². The molecule has 7 heteroatoms. The number of hydrogen-bond donors (Lipinski definition) is 1. The molecule has 2 rings (SSSR count). The first-order valence-electron chi connectivity index (χ1n) is 6.23. The molecule has 0 unspecified atom stereocenters. The minimum absolute atomic E-state index is 0.245. The number of sulfone groups is 1. The minimum atomic E-state index is -3.38. The van der Waals surface area contributed by atoms with Gasteiger partial charge in [-0.2, -0.15) is 0 Å². The third kappa shape index (κ3) is 3.41. The van der Waals surface area contributed by atoms with Gasteiger partial charge in [-0.05, 0) is 24.6 Å². The molecule has 1 N–H and O–H groups in total. The lowest BCUT2D eigenvalue weighted by molar-refractivity contribution is -0.120. The molecule has 110 valence electrons. The van der Waals surface area contributed by atoms with Crippen LogP contribution < -0.4 is 14.8 Å². The van der Waals surface area contributed by atoms with Crippen LogP contribution in [0.5, 0.6) is 11.5 Å². The first kappa shape index (κ1) is 14.6. The van der Waals surface area contributed by atoms with Gasteiger partial charge >= 0.3 is 0 Å². The highest BCUT2D eigenvalue weighted by atomic mass is 32.2. The van der Waals surface area contributed by atoms with E-state index < -0.39 is 21.0 Å². The lowest BCUT2D eigenvalue weighted by Gasteiger charge is -2.19. The Morgan fingerprint density at radius 2 is 1.95 bits per heavy atom. The Balaban J connectivity index is 1.99. The van der Waals surface area contributed by atoms with E-state index in [1.807, 2.05) is 0 Å². The zero-order chi connectivity index (χ0) is 14.8. The number of amides is 1. The molecule has 1 aromatic rings. The van der Waals surface area contributed by atoms with Crippen molar-refractivity contribution in [2.24, 2.45) is 0 Å². The smallest absolute Gasteiger partial charge is 0.238 e. The maximum absolute atomic E-state index is 11.7. The molecule has 1 amide bonds. The molecule has 0 radical (unpaired) electrons. The van der Waals surface area contributed by atoms with Crippen LogP contribution in [0.3, 0.4) is 0 Å². The largest absolute Gasteiger partial charge is 0.486 e. The number of nitrogens with one attached hydrogen (secondary N) is 1. The normalized spacial score (nSPS) is 15.5. The number of carbonyl (C=O) groups is 1. The second-order valence-corrected chi connectivity index (χ2v) is 7.03. The lowest BCUT2D eigenvalue weighted by atomic mass is 10.2. The van der Waals surface area contributed by atoms with Gasteiger partial charge < -0.3 is 14.8 Å². The highest BCUT2D eigenvalue weighted by molar-refractivity contribution is 7.92. The molecule has 20 heavy (non-hydrogen) atoms. The average molecular weight is 299 g/mol. The third-order valence-corrected chi connectivity index (χ3v) is 4.58. The van der Waals surface area contributed by atoms with E-state index in [4.69, 9.17) is 9.47 Å². The maximum Gasteiger partial charge on any atom is 0.238 e. The molecule has 0 saturated carbocycles. The van der Waals surface area contributed by atoms with Crippen LogP contribution in [-0.4, -0.2) is 39.0 Å². The highest BCUT2D eigenvalue weighted by Crippen LogP contribution is 2.30. The zero-order valence-electron chi connectivity index (χ0n) is 11.4. The van der Waals surface area contributed by atoms with Crippen LogP contribution in [0.2, 0.25) is 0 Å². The van der Waals surface area contributed by atoms with Crippen molar-refractivity contribution in [3.05, 3.63) is 23.8 Å². The summed E-state index contributed by atoms with van der Waals surface area (Å²) in [6.45, 7) is 2.63. The van der Waals surface area contributed by atoms with Crippen LogP contribution in [0.1, 0.15) is 12.5 Å². The molecule has 0 aliphatic carbocycles. The molecule has 1 heterocycles. The molecule has 1 aromatic carbocycles. The van der Waals surface area contributed by atoms with Crippen LogP contribution in [0.4, 0.5) is 0 Å². The zero-order valence-corrected chi connectivity index (χ0v) is 12.2. The second kappa shape index (κ2) is 5.70. The van der Waals surface area contributed by atoms with Crippen LogP contribution in [0, 0.1) is 0 Å². The van der Waals surface area contributed by atoms with Crippen LogP contribution >= 0.6 is 0 Å². The van der Waals surface area contributed by atoms with Gasteiger partial charge in [-0.15, -0.1) is 0 Å². The minimum Gasteiger partial charge on any atom is -0.486 e. The summed E-state index contributed by atoms with van der Waals surface area (Å²) in [7, 11) is -3.38. The molecular formula is C13H17NO5S. The van der Waals surface area contributed by atoms with Crippen molar-refractivity contribution in [2.75, 3.05) is 19.5 Å². The first-order chi connectivity index (χ1) is 9.38. The van der Waals surface area contributed by atoms with Crippen molar-refractivity contribution in [1.82, 2.24) is 5.32 Å². The number of carbonyl (C=O) groups excluding carboxylic acids is 1. The van der Waals surface area contributed by atoms with Gasteiger partial charge in [0, 0.05) is 12.8 Å². The third-order valence-electron chi connectivity index (χ3n) is 3.08. The van der Waals surface area contributed by atoms with Gasteiger partial charge in [-0.3, -0.25) is 4.79 Å². The monoisotopic (exact) mass is 299 g/mol. The number of ether oxygens (including phenoxy) is 2. The van der Waals surface area contributed by atoms with Crippen molar-refractivity contribution >= 4 is 15.7 Å². The number of hydrogen-bond acceptors (Lipinski definition) is 5. The summed E-state index contributed by atoms with van der Waals surface area (Å²) in [5.74, 6) is 0.803. The van der Waals surface area contributed by atoms with Gasteiger partial charge in [0.05, 0.1) is 0 Å². The van der Waals surface area contributed by atoms with Gasteiger partial charge in [0.1, 0.15) is 18.5 Å². The van der Waals surface area contributed by atoms with Gasteiger partial charge in [-0.1, -0.05) is 6.07 Å². The molecule has 1 atom stereocenters. The predicted molar refractivity (Wildman–Crippen MR) is 73.6 cm³/mol. The lowest BCUT2D eigenvalue weighted by Crippen LogP contribution is -2.37. The number of fused-ring (bicyclic) bond motifs is 1. The van der Waals surface area contributed by atoms with E-state index in [0.29, 0.717) is 24.7 Å². The Morgan fingerprint density at radius 3 is 2.60 bits per heavy atom. The topological polar surface area (TPSA) is 81.7 Å². The first-order valence-corrected chi connectivity index (χ1v) is 8.18. The summed E-state index contributed by atoms with van der Waals surface area (Å²) in [4.78, 5) is 11.7. The number of benzene rings is 1. The van der Waals surface area contributed by atoms with Crippen molar-refractivity contribution in [3.63, 3.8) is 0 Å². The van der Waals surface area contributed by atoms with Crippen LogP contribution in [0.15, 0.2) is 18.2 Å². The van der Waals surface area contributed by atoms with Crippen molar-refractivity contribution < 1.29 is 22.7 Å². The molecule has 0 aromatic heterocycles. The fourth-order valence-corrected chi connectivity index (χ4v) is 2.20. The molecular weight excluding hydrogens is 282 g/mol. The van der Waals surface area contributed by atoms with Gasteiger partial charge in [0.2, 0.25) is 5.91 Å². The van der Waals surface area contributed by atoms with Crippen LogP contribution in [-0.2, 0) is 21.2 Å². The summed E-state index contributed by atoms with van der Waals surface area (Å²) < 4.78 is 33.4. The van der Waals surface area contributed by atoms with Crippen molar-refractivity contribution in [1.29, 1.82) is 0 Å². The van der Waals surface area contributed by atoms with E-state index in [1.165, 1.54) is 6.92 Å². The van der Waals surface area contributed by atoms with E-state index in [2.05, 4.69) is 5.32 Å². The SMILES string of the molecule is C[C@H](C(=O)NCc1ccc2c(c1)OCCO2)S(C)(=O)=O. The summed E-state index contributed by atoms with van der Waals surface area (Å²) in [5.41, 5.74) is 0.823. The average Bonchev–Trinajstić information content (AvgIpc) is 2.42. The molecule has 1 aliphatic rings. The van der Waals surface area contributed by atoms with E-state index in [9.17, 15) is 13.2 Å². The molecule has 0 saturated heterocycles. The van der Waals surface area contributed by atoms with Gasteiger partial charge in [0.25, 0.3) is 0 Å². The quantitative estimate of drug-likeness (QED) is 0.876. The Morgan fingerprint density at radius 1 is 1.30 bits per heavy atom. The Bertz CT molecular complexity index is 611. The summed E-state index contributed by atoms with van der Waals surface area (Å²) in [5, 5.41) is 1.54. The predicted octanol–water partition coefficient (Wildman–Crippen LogP) is 0.507. The number of rotatable bonds is 4. The molecule has 6 nitrogen and oxygen atoms in total. The van der Waals surface area contributed by atoms with E-state index in [-0.39, 0.29) is 6.54 Å². The Hall–Kier alpha value is -1.76. The fraction of sp³-hybridized carbons (Fsp3) is 0.462. The molecule has 0 fully saturated rings. The second-order valence-electron chi connectivity index (χ2n) is 4.67. The maximum atomic E-state index is 11.7. The fourth-order valence-electron chi connectivity index (χ4n) is 1.73. The summed E-state index contributed by atoms with van der Waals surface area (Å²) in [6.07, 6.45) is 1.04. The summed E-state index contributed by atoms with van der Waals surface area (Å²) in [6, 6.07) is 5.36.